The molecule has 1 saturated carbocycles. The number of aromatic nitrogens is 2. The highest BCUT2D eigenvalue weighted by Crippen LogP contribution is 2.39. The summed E-state index contributed by atoms with van der Waals surface area (Å²) < 4.78 is 78.0. The third-order valence-corrected chi connectivity index (χ3v) is 4.69. The number of hydrogen-bond donors (Lipinski definition) is 2. The van der Waals surface area contributed by atoms with Gasteiger partial charge in [-0.25, -0.2) is 4.98 Å². The van der Waals surface area contributed by atoms with Gasteiger partial charge in [-0.15, -0.1) is 0 Å². The molecule has 9 heteroatoms. The Hall–Kier alpha value is -2.03. The first-order valence-corrected chi connectivity index (χ1v) is 8.13. The van der Waals surface area contributed by atoms with Gasteiger partial charge in [0.1, 0.15) is 5.82 Å². The number of benzene rings is 1. The molecule has 0 unspecified atom stereocenters. The Kier molecular flexibility index (Phi) is 4.54. The maximum Gasteiger partial charge on any atom is 0.416 e. The molecule has 3 N–H and O–H groups in total. The summed E-state index contributed by atoms with van der Waals surface area (Å²) in [7, 11) is 0. The van der Waals surface area contributed by atoms with E-state index in [4.69, 9.17) is 5.73 Å². The van der Waals surface area contributed by atoms with E-state index in [2.05, 4.69) is 9.97 Å². The second-order valence-electron chi connectivity index (χ2n) is 6.66. The van der Waals surface area contributed by atoms with E-state index in [9.17, 15) is 26.3 Å². The maximum atomic E-state index is 13.0. The van der Waals surface area contributed by atoms with Crippen molar-refractivity contribution in [3.05, 3.63) is 41.3 Å². The van der Waals surface area contributed by atoms with Crippen LogP contribution >= 0.6 is 0 Å². The summed E-state index contributed by atoms with van der Waals surface area (Å²) >= 11 is 0. The van der Waals surface area contributed by atoms with Crippen LogP contribution in [-0.2, 0) is 17.9 Å². The van der Waals surface area contributed by atoms with E-state index in [0.29, 0.717) is 30.8 Å². The zero-order valence-electron chi connectivity index (χ0n) is 13.6. The Labute approximate surface area is 145 Å². The van der Waals surface area contributed by atoms with Gasteiger partial charge in [0.15, 0.2) is 0 Å². The first-order valence-electron chi connectivity index (χ1n) is 8.13. The number of hydrogen-bond acceptors (Lipinski definition) is 2. The number of nitrogens with two attached hydrogens (primary N) is 1. The Morgan fingerprint density at radius 3 is 1.92 bits per heavy atom. The third kappa shape index (κ3) is 3.72. The Morgan fingerprint density at radius 1 is 0.885 bits per heavy atom. The highest BCUT2D eigenvalue weighted by atomic mass is 19.4. The van der Waals surface area contributed by atoms with Crippen LogP contribution < -0.4 is 5.73 Å². The molecule has 1 fully saturated rings. The van der Waals surface area contributed by atoms with Crippen molar-refractivity contribution >= 4 is 0 Å². The second-order valence-corrected chi connectivity index (χ2v) is 6.66. The van der Waals surface area contributed by atoms with Gasteiger partial charge in [-0.05, 0) is 31.0 Å². The standard InChI is InChI=1S/C17H17F6N3/c18-16(19,20)11-6-10(7-12(8-11)17(21,22)23)13-9-25-14(26-13)15(24)4-2-1-3-5-15/h6-9H,1-5,24H2,(H,25,26). The summed E-state index contributed by atoms with van der Waals surface area (Å²) in [5.74, 6) is 0.387. The number of aromatic amines is 1. The van der Waals surface area contributed by atoms with Gasteiger partial charge >= 0.3 is 12.4 Å². The highest BCUT2D eigenvalue weighted by Gasteiger charge is 2.37. The number of imidazole rings is 1. The Balaban J connectivity index is 2.04. The van der Waals surface area contributed by atoms with Crippen molar-refractivity contribution in [3.8, 4) is 11.3 Å². The van der Waals surface area contributed by atoms with Gasteiger partial charge in [-0.2, -0.15) is 26.3 Å². The molecule has 0 saturated heterocycles. The minimum absolute atomic E-state index is 0.0759. The zero-order valence-corrected chi connectivity index (χ0v) is 13.6. The summed E-state index contributed by atoms with van der Waals surface area (Å²) in [5, 5.41) is 0. The number of halogens is 6. The van der Waals surface area contributed by atoms with Gasteiger partial charge in [-0.1, -0.05) is 19.3 Å². The van der Waals surface area contributed by atoms with Crippen molar-refractivity contribution in [1.29, 1.82) is 0 Å². The van der Waals surface area contributed by atoms with Crippen LogP contribution in [0.15, 0.2) is 24.4 Å². The van der Waals surface area contributed by atoms with Crippen LogP contribution in [-0.4, -0.2) is 9.97 Å². The number of nitrogens with zero attached hydrogens (tertiary/aromatic N) is 1. The molecule has 3 rings (SSSR count). The fourth-order valence-electron chi connectivity index (χ4n) is 3.25. The average Bonchev–Trinajstić information content (AvgIpc) is 3.04. The van der Waals surface area contributed by atoms with Crippen molar-refractivity contribution < 1.29 is 26.3 Å². The minimum Gasteiger partial charge on any atom is -0.340 e. The van der Waals surface area contributed by atoms with Crippen LogP contribution in [0.2, 0.25) is 0 Å². The molecular weight excluding hydrogens is 360 g/mol. The summed E-state index contributed by atoms with van der Waals surface area (Å²) in [4.78, 5) is 6.95. The molecule has 2 aromatic rings. The molecule has 0 bridgehead atoms. The maximum absolute atomic E-state index is 13.0. The molecule has 0 aliphatic heterocycles. The highest BCUT2D eigenvalue weighted by molar-refractivity contribution is 5.62. The van der Waals surface area contributed by atoms with E-state index in [1.807, 2.05) is 0 Å². The number of H-pyrrole nitrogens is 1. The smallest absolute Gasteiger partial charge is 0.340 e. The van der Waals surface area contributed by atoms with Crippen LogP contribution in [0, 0.1) is 0 Å². The molecule has 1 aliphatic rings. The van der Waals surface area contributed by atoms with E-state index in [-0.39, 0.29) is 17.3 Å². The summed E-state index contributed by atoms with van der Waals surface area (Å²) in [6.07, 6.45) is -4.40. The fourth-order valence-corrected chi connectivity index (χ4v) is 3.25. The molecule has 1 aromatic carbocycles. The lowest BCUT2D eigenvalue weighted by molar-refractivity contribution is -0.143. The van der Waals surface area contributed by atoms with E-state index in [1.165, 1.54) is 6.20 Å². The summed E-state index contributed by atoms with van der Waals surface area (Å²) in [6, 6.07) is 1.46. The van der Waals surface area contributed by atoms with E-state index >= 15 is 0 Å². The summed E-state index contributed by atoms with van der Waals surface area (Å²) in [6.45, 7) is 0. The van der Waals surface area contributed by atoms with Crippen LogP contribution in [0.3, 0.4) is 0 Å². The molecule has 26 heavy (non-hydrogen) atoms. The molecule has 0 atom stereocenters. The molecule has 0 radical (unpaired) electrons. The van der Waals surface area contributed by atoms with Crippen molar-refractivity contribution in [1.82, 2.24) is 9.97 Å². The van der Waals surface area contributed by atoms with Crippen molar-refractivity contribution in [3.63, 3.8) is 0 Å². The first-order chi connectivity index (χ1) is 12.0. The quantitative estimate of drug-likeness (QED) is 0.704. The summed E-state index contributed by atoms with van der Waals surface area (Å²) in [5.41, 5.74) is 2.71. The first kappa shape index (κ1) is 18.8. The molecule has 1 aromatic heterocycles. The average molecular weight is 377 g/mol. The van der Waals surface area contributed by atoms with Gasteiger partial charge in [0, 0.05) is 5.56 Å². The molecule has 1 heterocycles. The Bertz CT molecular complexity index is 752. The molecule has 3 nitrogen and oxygen atoms in total. The topological polar surface area (TPSA) is 54.7 Å². The molecule has 142 valence electrons. The van der Waals surface area contributed by atoms with Crippen molar-refractivity contribution in [2.45, 2.75) is 50.0 Å². The lowest BCUT2D eigenvalue weighted by atomic mass is 9.82. The van der Waals surface area contributed by atoms with Gasteiger partial charge in [0.2, 0.25) is 0 Å². The molecule has 0 spiro atoms. The number of alkyl halides is 6. The SMILES string of the molecule is NC1(c2ncc(-c3cc(C(F)(F)F)cc(C(F)(F)F)c3)[nH]2)CCCCC1. The van der Waals surface area contributed by atoms with Crippen LogP contribution in [0.25, 0.3) is 11.3 Å². The molecule has 0 amide bonds. The predicted molar refractivity (Wildman–Crippen MR) is 83.0 cm³/mol. The Morgan fingerprint density at radius 2 is 1.42 bits per heavy atom. The van der Waals surface area contributed by atoms with E-state index in [0.717, 1.165) is 19.3 Å². The molecular formula is C17H17F6N3. The van der Waals surface area contributed by atoms with Crippen molar-refractivity contribution in [2.24, 2.45) is 5.73 Å². The predicted octanol–water partition coefficient (Wildman–Crippen LogP) is 5.23. The van der Waals surface area contributed by atoms with Crippen LogP contribution in [0.1, 0.15) is 49.1 Å². The molecule has 1 aliphatic carbocycles. The zero-order chi connectivity index (χ0) is 19.2. The second kappa shape index (κ2) is 6.29. The number of nitrogens with one attached hydrogen (secondary N) is 1. The van der Waals surface area contributed by atoms with Gasteiger partial charge in [0.05, 0.1) is 28.6 Å². The lowest BCUT2D eigenvalue weighted by Gasteiger charge is -2.31. The van der Waals surface area contributed by atoms with Gasteiger partial charge < -0.3 is 10.7 Å². The van der Waals surface area contributed by atoms with Crippen LogP contribution in [0.4, 0.5) is 26.3 Å². The largest absolute Gasteiger partial charge is 0.416 e. The lowest BCUT2D eigenvalue weighted by Crippen LogP contribution is -2.39. The van der Waals surface area contributed by atoms with Crippen molar-refractivity contribution in [2.75, 3.05) is 0 Å². The van der Waals surface area contributed by atoms with E-state index in [1.54, 1.807) is 0 Å². The van der Waals surface area contributed by atoms with E-state index < -0.39 is 29.0 Å². The van der Waals surface area contributed by atoms with Gasteiger partial charge in [0.25, 0.3) is 0 Å². The number of rotatable bonds is 2. The third-order valence-electron chi connectivity index (χ3n) is 4.69. The van der Waals surface area contributed by atoms with Crippen LogP contribution in [0.5, 0.6) is 0 Å². The fraction of sp³-hybridized carbons (Fsp3) is 0.471. The normalized spacial score (nSPS) is 18.1. The van der Waals surface area contributed by atoms with Gasteiger partial charge in [-0.3, -0.25) is 0 Å². The minimum atomic E-state index is -4.89. The monoisotopic (exact) mass is 377 g/mol.